The lowest BCUT2D eigenvalue weighted by Crippen LogP contribution is -2.51. The van der Waals surface area contributed by atoms with Gasteiger partial charge < -0.3 is 19.8 Å². The van der Waals surface area contributed by atoms with Crippen molar-refractivity contribution in [3.63, 3.8) is 0 Å². The van der Waals surface area contributed by atoms with Crippen molar-refractivity contribution in [2.45, 2.75) is 174 Å². The summed E-state index contributed by atoms with van der Waals surface area (Å²) >= 11 is 0. The molecule has 0 amide bonds. The highest BCUT2D eigenvalue weighted by molar-refractivity contribution is 5.67. The molecular weight excluding hydrogens is 542 g/mol. The number of rotatable bonds is 34. The predicted molar refractivity (Wildman–Crippen MR) is 177 cm³/mol. The van der Waals surface area contributed by atoms with Gasteiger partial charge in [0, 0.05) is 19.3 Å². The van der Waals surface area contributed by atoms with E-state index in [1.165, 1.54) is 116 Å². The minimum absolute atomic E-state index is 0.0912. The Morgan fingerprint density at radius 3 is 1.02 bits per heavy atom. The first-order valence-electron chi connectivity index (χ1n) is 18.0. The van der Waals surface area contributed by atoms with E-state index in [0.29, 0.717) is 43.4 Å². The van der Waals surface area contributed by atoms with Crippen LogP contribution < -0.4 is 0 Å². The molecule has 0 aromatic heterocycles. The molecule has 0 heterocycles. The van der Waals surface area contributed by atoms with Crippen molar-refractivity contribution in [1.29, 1.82) is 0 Å². The number of aliphatic carboxylic acids is 3. The third kappa shape index (κ3) is 29.9. The van der Waals surface area contributed by atoms with Crippen LogP contribution in [0.15, 0.2) is 12.2 Å². The van der Waals surface area contributed by atoms with Crippen molar-refractivity contribution in [2.24, 2.45) is 0 Å². The van der Waals surface area contributed by atoms with Gasteiger partial charge in [0.25, 0.3) is 0 Å². The summed E-state index contributed by atoms with van der Waals surface area (Å²) in [5, 5.41) is 27.3. The van der Waals surface area contributed by atoms with Crippen LogP contribution >= 0.6 is 0 Å². The van der Waals surface area contributed by atoms with Crippen molar-refractivity contribution in [3.05, 3.63) is 12.2 Å². The zero-order valence-corrected chi connectivity index (χ0v) is 27.9. The Hall–Kier alpha value is -1.89. The van der Waals surface area contributed by atoms with Crippen LogP contribution in [0.5, 0.6) is 0 Å². The molecule has 0 saturated carbocycles. The average Bonchev–Trinajstić information content (AvgIpc) is 2.95. The molecule has 252 valence electrons. The Kier molecular flexibility index (Phi) is 28.8. The lowest BCUT2D eigenvalue weighted by molar-refractivity contribution is -0.929. The van der Waals surface area contributed by atoms with Crippen LogP contribution in [0.2, 0.25) is 0 Å². The monoisotopic (exact) mass is 611 g/mol. The van der Waals surface area contributed by atoms with Crippen LogP contribution in [-0.4, -0.2) is 63.9 Å². The number of quaternary nitrogens is 1. The molecule has 0 aliphatic rings. The summed E-state index contributed by atoms with van der Waals surface area (Å²) in [5.41, 5.74) is 0. The zero-order chi connectivity index (χ0) is 31.9. The first-order valence-corrected chi connectivity index (χ1v) is 18.0. The van der Waals surface area contributed by atoms with Crippen LogP contribution in [0.1, 0.15) is 174 Å². The fourth-order valence-electron chi connectivity index (χ4n) is 6.12. The predicted octanol–water partition coefficient (Wildman–Crippen LogP) is 9.78. The number of carboxylic acid groups (broad SMARTS) is 3. The van der Waals surface area contributed by atoms with E-state index in [4.69, 9.17) is 15.3 Å². The summed E-state index contributed by atoms with van der Waals surface area (Å²) in [4.78, 5) is 33.3. The van der Waals surface area contributed by atoms with Crippen LogP contribution in [0.3, 0.4) is 0 Å². The molecule has 7 nitrogen and oxygen atoms in total. The zero-order valence-electron chi connectivity index (χ0n) is 27.9. The first kappa shape index (κ1) is 41.1. The highest BCUT2D eigenvalue weighted by atomic mass is 16.4. The third-order valence-electron chi connectivity index (χ3n) is 8.71. The van der Waals surface area contributed by atoms with Gasteiger partial charge in [0.05, 0.1) is 45.4 Å². The van der Waals surface area contributed by atoms with E-state index in [2.05, 4.69) is 19.1 Å². The molecule has 0 rings (SSSR count). The summed E-state index contributed by atoms with van der Waals surface area (Å²) < 4.78 is 0.641. The molecule has 0 bridgehead atoms. The standard InChI is InChI=1S/C36H67NO6/c1-2-3-4-5-6-7-8-9-10-11-12-13-14-15-16-17-18-19-20-21-22-23-30-37(31-24-27-34(38)39,32-25-28-35(40)41)33-26-29-36(42)43/h11-12H,2-10,13-33H2,1H3,(H2-,38,39,40,41,42,43)/p+1/b12-11+. The molecule has 0 atom stereocenters. The van der Waals surface area contributed by atoms with Gasteiger partial charge in [-0.3, -0.25) is 14.4 Å². The van der Waals surface area contributed by atoms with Crippen LogP contribution in [0.4, 0.5) is 0 Å². The number of unbranched alkanes of at least 4 members (excludes halogenated alkanes) is 18. The minimum atomic E-state index is -0.824. The van der Waals surface area contributed by atoms with E-state index >= 15 is 0 Å². The van der Waals surface area contributed by atoms with Gasteiger partial charge in [-0.25, -0.2) is 0 Å². The number of carbonyl (C=O) groups is 3. The maximum Gasteiger partial charge on any atom is 0.303 e. The fourth-order valence-corrected chi connectivity index (χ4v) is 6.12. The molecular formula is C36H68NO6+. The summed E-state index contributed by atoms with van der Waals surface area (Å²) in [5.74, 6) is -2.47. The SMILES string of the molecule is CCCCCCCCCC/C=C/CCCCCCCCCCCC[N+](CCCC(=O)O)(CCCC(=O)O)CCCC(=O)O. The maximum absolute atomic E-state index is 11.1. The summed E-state index contributed by atoms with van der Waals surface area (Å²) in [7, 11) is 0. The number of allylic oxidation sites excluding steroid dienone is 2. The van der Waals surface area contributed by atoms with E-state index in [9.17, 15) is 14.4 Å². The molecule has 0 spiro atoms. The smallest absolute Gasteiger partial charge is 0.303 e. The van der Waals surface area contributed by atoms with E-state index < -0.39 is 17.9 Å². The molecule has 7 heteroatoms. The average molecular weight is 611 g/mol. The number of nitrogens with zero attached hydrogens (tertiary/aromatic N) is 1. The first-order chi connectivity index (χ1) is 20.8. The molecule has 3 N–H and O–H groups in total. The second kappa shape index (κ2) is 30.1. The lowest BCUT2D eigenvalue weighted by atomic mass is 10.0. The molecule has 0 aliphatic carbocycles. The third-order valence-corrected chi connectivity index (χ3v) is 8.71. The Labute approximate surface area is 264 Å². The van der Waals surface area contributed by atoms with E-state index in [1.54, 1.807) is 0 Å². The number of carboxylic acids is 3. The Balaban J connectivity index is 4.01. The quantitative estimate of drug-likeness (QED) is 0.0380. The van der Waals surface area contributed by atoms with Crippen molar-refractivity contribution in [2.75, 3.05) is 26.2 Å². The van der Waals surface area contributed by atoms with Gasteiger partial charge in [0.1, 0.15) is 0 Å². The number of hydrogen-bond acceptors (Lipinski definition) is 3. The Morgan fingerprint density at radius 1 is 0.419 bits per heavy atom. The second-order valence-corrected chi connectivity index (χ2v) is 12.8. The van der Waals surface area contributed by atoms with Gasteiger partial charge in [0.15, 0.2) is 0 Å². The van der Waals surface area contributed by atoms with Crippen LogP contribution in [-0.2, 0) is 14.4 Å². The largest absolute Gasteiger partial charge is 0.481 e. The summed E-state index contributed by atoms with van der Waals surface area (Å²) in [6.07, 6.45) is 32.6. The normalized spacial score (nSPS) is 11.8. The van der Waals surface area contributed by atoms with Crippen LogP contribution in [0.25, 0.3) is 0 Å². The highest BCUT2D eigenvalue weighted by Crippen LogP contribution is 2.19. The fraction of sp³-hybridized carbons (Fsp3) is 0.861. The molecule has 0 unspecified atom stereocenters. The summed E-state index contributed by atoms with van der Waals surface area (Å²) in [6.45, 7) is 5.14. The van der Waals surface area contributed by atoms with Crippen molar-refractivity contribution in [3.8, 4) is 0 Å². The molecule has 0 aromatic rings. The minimum Gasteiger partial charge on any atom is -0.481 e. The van der Waals surface area contributed by atoms with E-state index in [1.807, 2.05) is 0 Å². The van der Waals surface area contributed by atoms with Crippen molar-refractivity contribution < 1.29 is 34.2 Å². The number of hydrogen-bond donors (Lipinski definition) is 3. The second-order valence-electron chi connectivity index (χ2n) is 12.8. The van der Waals surface area contributed by atoms with Gasteiger partial charge in [-0.1, -0.05) is 109 Å². The Morgan fingerprint density at radius 2 is 0.698 bits per heavy atom. The molecule has 0 radical (unpaired) electrons. The van der Waals surface area contributed by atoms with E-state index in [0.717, 1.165) is 19.4 Å². The van der Waals surface area contributed by atoms with Gasteiger partial charge in [-0.2, -0.15) is 0 Å². The highest BCUT2D eigenvalue weighted by Gasteiger charge is 2.27. The van der Waals surface area contributed by atoms with Crippen LogP contribution in [0, 0.1) is 0 Å². The van der Waals surface area contributed by atoms with Gasteiger partial charge in [-0.05, 0) is 38.5 Å². The topological polar surface area (TPSA) is 112 Å². The van der Waals surface area contributed by atoms with Gasteiger partial charge in [-0.15, -0.1) is 0 Å². The molecule has 0 aliphatic heterocycles. The molecule has 0 fully saturated rings. The maximum atomic E-state index is 11.1. The van der Waals surface area contributed by atoms with Gasteiger partial charge in [0.2, 0.25) is 0 Å². The van der Waals surface area contributed by atoms with Crippen molar-refractivity contribution >= 4 is 17.9 Å². The molecule has 0 aromatic carbocycles. The van der Waals surface area contributed by atoms with E-state index in [-0.39, 0.29) is 19.3 Å². The molecule has 43 heavy (non-hydrogen) atoms. The Bertz CT molecular complexity index is 658. The summed E-state index contributed by atoms with van der Waals surface area (Å²) in [6, 6.07) is 0. The lowest BCUT2D eigenvalue weighted by Gasteiger charge is -2.39. The van der Waals surface area contributed by atoms with Crippen molar-refractivity contribution in [1.82, 2.24) is 0 Å². The molecule has 0 saturated heterocycles. The van der Waals surface area contributed by atoms with Gasteiger partial charge >= 0.3 is 17.9 Å².